The maximum absolute atomic E-state index is 12.7. The van der Waals surface area contributed by atoms with Crippen molar-refractivity contribution in [2.45, 2.75) is 9.79 Å². The van der Waals surface area contributed by atoms with E-state index >= 15 is 0 Å². The van der Waals surface area contributed by atoms with E-state index in [1.807, 2.05) is 0 Å². The largest absolute Gasteiger partial charge is 0.346 e. The third-order valence-electron chi connectivity index (χ3n) is 3.04. The fourth-order valence-electron chi connectivity index (χ4n) is 2.10. The summed E-state index contributed by atoms with van der Waals surface area (Å²) in [4.78, 5) is 16.7. The monoisotopic (exact) mass is 303 g/mol. The quantitative estimate of drug-likeness (QED) is 0.590. The molecule has 3 aromatic rings. The van der Waals surface area contributed by atoms with Crippen molar-refractivity contribution >= 4 is 26.6 Å². The predicted molar refractivity (Wildman–Crippen MR) is 74.6 cm³/mol. The number of benzene rings is 1. The molecule has 1 aromatic carbocycles. The molecule has 0 bridgehead atoms. The second-order valence-electron chi connectivity index (χ2n) is 4.29. The minimum atomic E-state index is -4.01. The summed E-state index contributed by atoms with van der Waals surface area (Å²) in [5.74, 6) is 0. The van der Waals surface area contributed by atoms with Gasteiger partial charge < -0.3 is 4.98 Å². The number of hydrogen-bond acceptors (Lipinski definition) is 5. The van der Waals surface area contributed by atoms with Gasteiger partial charge in [0.25, 0.3) is 0 Å². The third kappa shape index (κ3) is 2.05. The lowest BCUT2D eigenvalue weighted by Crippen LogP contribution is -2.07. The van der Waals surface area contributed by atoms with Crippen molar-refractivity contribution in [3.63, 3.8) is 0 Å². The number of nitrogens with zero attached hydrogens (tertiary/aromatic N) is 2. The number of sulfone groups is 1. The molecule has 7 nitrogen and oxygen atoms in total. The molecule has 0 saturated heterocycles. The lowest BCUT2D eigenvalue weighted by atomic mass is 10.3. The van der Waals surface area contributed by atoms with E-state index in [0.29, 0.717) is 0 Å². The Morgan fingerprint density at radius 1 is 1.14 bits per heavy atom. The highest BCUT2D eigenvalue weighted by atomic mass is 32.2. The van der Waals surface area contributed by atoms with Crippen molar-refractivity contribution in [1.29, 1.82) is 0 Å². The number of rotatable bonds is 3. The average molecular weight is 303 g/mol. The molecule has 0 aliphatic carbocycles. The Morgan fingerprint density at radius 3 is 2.52 bits per heavy atom. The second kappa shape index (κ2) is 4.67. The number of nitrogens with one attached hydrogen (secondary N) is 1. The Kier molecular flexibility index (Phi) is 2.95. The van der Waals surface area contributed by atoms with Crippen molar-refractivity contribution in [1.82, 2.24) is 9.97 Å². The van der Waals surface area contributed by atoms with Crippen LogP contribution < -0.4 is 0 Å². The highest BCUT2D eigenvalue weighted by molar-refractivity contribution is 7.91. The van der Waals surface area contributed by atoms with E-state index in [1.54, 1.807) is 18.2 Å². The Hall–Kier alpha value is -2.74. The molecule has 0 aliphatic heterocycles. The van der Waals surface area contributed by atoms with Crippen LogP contribution in [-0.4, -0.2) is 23.3 Å². The van der Waals surface area contributed by atoms with E-state index in [-0.39, 0.29) is 20.8 Å². The van der Waals surface area contributed by atoms with Crippen LogP contribution >= 0.6 is 0 Å². The minimum absolute atomic E-state index is 0.00167. The van der Waals surface area contributed by atoms with E-state index in [2.05, 4.69) is 9.97 Å². The maximum atomic E-state index is 12.7. The average Bonchev–Trinajstić information content (AvgIpc) is 2.95. The molecular weight excluding hydrogens is 294 g/mol. The molecule has 0 spiro atoms. The van der Waals surface area contributed by atoms with Gasteiger partial charge >= 0.3 is 5.69 Å². The Morgan fingerprint density at radius 2 is 1.86 bits per heavy atom. The number of pyridine rings is 1. The summed E-state index contributed by atoms with van der Waals surface area (Å²) in [6.07, 6.45) is 2.44. The molecule has 0 aliphatic rings. The van der Waals surface area contributed by atoms with Crippen LogP contribution in [0.25, 0.3) is 11.0 Å². The zero-order valence-electron chi connectivity index (χ0n) is 10.6. The van der Waals surface area contributed by atoms with Gasteiger partial charge in [0.1, 0.15) is 11.8 Å². The predicted octanol–water partition coefficient (Wildman–Crippen LogP) is 2.30. The van der Waals surface area contributed by atoms with Crippen molar-refractivity contribution in [2.75, 3.05) is 0 Å². The molecular formula is C13H9N3O4S. The Balaban J connectivity index is 2.41. The topological polar surface area (TPSA) is 106 Å². The normalized spacial score (nSPS) is 11.6. The molecule has 0 radical (unpaired) electrons. The SMILES string of the molecule is O=[N+]([O-])c1cnc2[nH]ccc2c1S(=O)(=O)c1ccccc1. The van der Waals surface area contributed by atoms with Gasteiger partial charge in [0.05, 0.1) is 9.82 Å². The van der Waals surface area contributed by atoms with E-state index in [9.17, 15) is 18.5 Å². The number of aromatic amines is 1. The molecule has 106 valence electrons. The zero-order valence-corrected chi connectivity index (χ0v) is 11.4. The zero-order chi connectivity index (χ0) is 15.0. The van der Waals surface area contributed by atoms with Crippen molar-refractivity contribution in [3.05, 3.63) is 58.9 Å². The van der Waals surface area contributed by atoms with Crippen LogP contribution in [0.1, 0.15) is 0 Å². The summed E-state index contributed by atoms with van der Waals surface area (Å²) in [7, 11) is -4.01. The van der Waals surface area contributed by atoms with Gasteiger partial charge in [-0.15, -0.1) is 0 Å². The fourth-order valence-corrected chi connectivity index (χ4v) is 3.71. The molecule has 0 fully saturated rings. The summed E-state index contributed by atoms with van der Waals surface area (Å²) < 4.78 is 25.4. The summed E-state index contributed by atoms with van der Waals surface area (Å²) in [6, 6.07) is 9.06. The summed E-state index contributed by atoms with van der Waals surface area (Å²) in [5, 5.41) is 11.4. The third-order valence-corrected chi connectivity index (χ3v) is 4.90. The van der Waals surface area contributed by atoms with Crippen LogP contribution in [0.3, 0.4) is 0 Å². The van der Waals surface area contributed by atoms with Gasteiger partial charge in [-0.25, -0.2) is 13.4 Å². The van der Waals surface area contributed by atoms with E-state index in [0.717, 1.165) is 6.20 Å². The van der Waals surface area contributed by atoms with E-state index in [1.165, 1.54) is 24.4 Å². The van der Waals surface area contributed by atoms with Gasteiger partial charge in [0, 0.05) is 11.6 Å². The summed E-state index contributed by atoms with van der Waals surface area (Å²) >= 11 is 0. The highest BCUT2D eigenvalue weighted by Gasteiger charge is 2.31. The molecule has 8 heteroatoms. The lowest BCUT2D eigenvalue weighted by molar-refractivity contribution is -0.387. The Bertz CT molecular complexity index is 932. The standard InChI is InChI=1S/C13H9N3O4S/c17-16(18)11-8-15-13-10(6-7-14-13)12(11)21(19,20)9-4-2-1-3-5-9/h1-8H,(H,14,15). The van der Waals surface area contributed by atoms with Crippen LogP contribution in [0.15, 0.2) is 58.6 Å². The molecule has 2 aromatic heterocycles. The fraction of sp³-hybridized carbons (Fsp3) is 0. The minimum Gasteiger partial charge on any atom is -0.346 e. The lowest BCUT2D eigenvalue weighted by Gasteiger charge is -2.06. The molecule has 0 unspecified atom stereocenters. The van der Waals surface area contributed by atoms with Crippen molar-refractivity contribution < 1.29 is 13.3 Å². The van der Waals surface area contributed by atoms with Crippen LogP contribution in [-0.2, 0) is 9.84 Å². The van der Waals surface area contributed by atoms with Crippen molar-refractivity contribution in [2.24, 2.45) is 0 Å². The molecule has 1 N–H and O–H groups in total. The van der Waals surface area contributed by atoms with Crippen LogP contribution in [0, 0.1) is 10.1 Å². The number of H-pyrrole nitrogens is 1. The number of aromatic nitrogens is 2. The summed E-state index contributed by atoms with van der Waals surface area (Å²) in [5.41, 5.74) is -0.249. The van der Waals surface area contributed by atoms with Gasteiger partial charge in [-0.1, -0.05) is 18.2 Å². The summed E-state index contributed by atoms with van der Waals surface area (Å²) in [6.45, 7) is 0. The number of nitro groups is 1. The Labute approximate surface area is 119 Å². The molecule has 21 heavy (non-hydrogen) atoms. The number of hydrogen-bond donors (Lipinski definition) is 1. The first kappa shape index (κ1) is 13.3. The van der Waals surface area contributed by atoms with E-state index in [4.69, 9.17) is 0 Å². The van der Waals surface area contributed by atoms with Gasteiger partial charge in [0.2, 0.25) is 9.84 Å². The maximum Gasteiger partial charge on any atom is 0.307 e. The second-order valence-corrected chi connectivity index (χ2v) is 6.17. The molecule has 2 heterocycles. The highest BCUT2D eigenvalue weighted by Crippen LogP contribution is 2.34. The molecule has 0 saturated carbocycles. The van der Waals surface area contributed by atoms with Crippen LogP contribution in [0.4, 0.5) is 5.69 Å². The number of fused-ring (bicyclic) bond motifs is 1. The van der Waals surface area contributed by atoms with Gasteiger partial charge in [-0.3, -0.25) is 10.1 Å². The first-order valence-electron chi connectivity index (χ1n) is 5.92. The van der Waals surface area contributed by atoms with Crippen molar-refractivity contribution in [3.8, 4) is 0 Å². The molecule has 3 rings (SSSR count). The van der Waals surface area contributed by atoms with Gasteiger partial charge in [-0.2, -0.15) is 0 Å². The van der Waals surface area contributed by atoms with Gasteiger partial charge in [-0.05, 0) is 18.2 Å². The first-order valence-corrected chi connectivity index (χ1v) is 7.41. The van der Waals surface area contributed by atoms with Gasteiger partial charge in [0.15, 0.2) is 4.90 Å². The smallest absolute Gasteiger partial charge is 0.307 e. The van der Waals surface area contributed by atoms with Crippen LogP contribution in [0.2, 0.25) is 0 Å². The first-order chi connectivity index (χ1) is 10.0. The molecule has 0 atom stereocenters. The molecule has 0 amide bonds. The van der Waals surface area contributed by atoms with E-state index < -0.39 is 20.4 Å². The van der Waals surface area contributed by atoms with Crippen LogP contribution in [0.5, 0.6) is 0 Å².